The molecule has 0 spiro atoms. The molecule has 4 heterocycles. The van der Waals surface area contributed by atoms with Gasteiger partial charge in [0.15, 0.2) is 0 Å². The fourth-order valence-corrected chi connectivity index (χ4v) is 5.70. The maximum atomic E-state index is 13.6. The average Bonchev–Trinajstić information content (AvgIpc) is 3.40. The Labute approximate surface area is 185 Å². The number of rotatable bonds is 4. The minimum Gasteiger partial charge on any atom is -0.350 e. The molecule has 32 heavy (non-hydrogen) atoms. The average molecular weight is 446 g/mol. The lowest BCUT2D eigenvalue weighted by Gasteiger charge is -2.47. The smallest absolute Gasteiger partial charge is 0.256 e. The molecule has 2 aromatic heterocycles. The molecule has 0 radical (unpaired) electrons. The van der Waals surface area contributed by atoms with E-state index in [0.29, 0.717) is 25.1 Å². The van der Waals surface area contributed by atoms with Crippen LogP contribution >= 0.6 is 0 Å². The summed E-state index contributed by atoms with van der Waals surface area (Å²) in [5, 5.41) is 3.15. The van der Waals surface area contributed by atoms with E-state index < -0.39 is 5.92 Å². The molecule has 1 saturated carbocycles. The Hall–Kier alpha value is -2.55. The zero-order valence-electron chi connectivity index (χ0n) is 18.2. The van der Waals surface area contributed by atoms with Gasteiger partial charge in [-0.25, -0.2) is 13.8 Å². The van der Waals surface area contributed by atoms with Crippen molar-refractivity contribution in [3.8, 4) is 0 Å². The molecular weight excluding hydrogens is 416 g/mol. The van der Waals surface area contributed by atoms with Gasteiger partial charge in [0.1, 0.15) is 0 Å². The van der Waals surface area contributed by atoms with E-state index in [2.05, 4.69) is 10.3 Å². The largest absolute Gasteiger partial charge is 0.350 e. The number of carbonyl (C=O) groups excluding carboxylic acids is 2. The molecule has 3 aliphatic rings. The maximum absolute atomic E-state index is 13.6. The molecule has 2 aliphatic heterocycles. The molecule has 0 bridgehead atoms. The van der Waals surface area contributed by atoms with Crippen molar-refractivity contribution in [1.29, 1.82) is 0 Å². The van der Waals surface area contributed by atoms with Gasteiger partial charge in [-0.3, -0.25) is 14.5 Å². The number of imidazole rings is 1. The minimum atomic E-state index is -2.60. The molecule has 5 rings (SSSR count). The van der Waals surface area contributed by atoms with Gasteiger partial charge in [0.05, 0.1) is 29.6 Å². The van der Waals surface area contributed by atoms with Gasteiger partial charge in [-0.2, -0.15) is 0 Å². The number of hydrogen-bond acceptors (Lipinski definition) is 4. The number of fused-ring (bicyclic) bond motifs is 1. The molecule has 3 fully saturated rings. The van der Waals surface area contributed by atoms with Crippen molar-refractivity contribution in [1.82, 2.24) is 24.5 Å². The van der Waals surface area contributed by atoms with Gasteiger partial charge in [-0.1, -0.05) is 0 Å². The fraction of sp³-hybridized carbons (Fsp3) is 0.609. The molecule has 7 nitrogen and oxygen atoms in total. The minimum absolute atomic E-state index is 0.0416. The van der Waals surface area contributed by atoms with Crippen molar-refractivity contribution in [3.63, 3.8) is 0 Å². The summed E-state index contributed by atoms with van der Waals surface area (Å²) in [5.41, 5.74) is 1.28. The highest BCUT2D eigenvalue weighted by Crippen LogP contribution is 2.48. The van der Waals surface area contributed by atoms with E-state index in [4.69, 9.17) is 0 Å². The molecule has 9 heteroatoms. The van der Waals surface area contributed by atoms with Gasteiger partial charge in [-0.05, 0) is 56.8 Å². The summed E-state index contributed by atoms with van der Waals surface area (Å²) in [5.74, 6) is -2.94. The molecule has 2 saturated heterocycles. The second-order valence-electron chi connectivity index (χ2n) is 9.59. The number of halogens is 2. The summed E-state index contributed by atoms with van der Waals surface area (Å²) in [6.45, 7) is 1.71. The second kappa shape index (κ2) is 8.10. The topological polar surface area (TPSA) is 70.0 Å². The number of pyridine rings is 1. The highest BCUT2D eigenvalue weighted by atomic mass is 19.3. The molecule has 1 N–H and O–H groups in total. The van der Waals surface area contributed by atoms with Crippen molar-refractivity contribution in [2.24, 2.45) is 11.8 Å². The predicted octanol–water partition coefficient (Wildman–Crippen LogP) is 2.42. The van der Waals surface area contributed by atoms with Crippen molar-refractivity contribution < 1.29 is 18.4 Å². The van der Waals surface area contributed by atoms with Gasteiger partial charge in [0.25, 0.3) is 5.91 Å². The van der Waals surface area contributed by atoms with E-state index in [1.54, 1.807) is 34.0 Å². The molecule has 2 amide bonds. The SMILES string of the molecule is CN1CCC[C@@H]1C(=O)N[C@@H]1CN(C(=O)c2cccn3cncc23)CC[C@H]1C1CC(F)(F)C1. The van der Waals surface area contributed by atoms with Crippen LogP contribution in [0.2, 0.25) is 0 Å². The van der Waals surface area contributed by atoms with Crippen LogP contribution in [0.1, 0.15) is 42.5 Å². The summed E-state index contributed by atoms with van der Waals surface area (Å²) in [6.07, 6.45) is 7.27. The van der Waals surface area contributed by atoms with Crippen LogP contribution in [0.5, 0.6) is 0 Å². The number of piperidine rings is 1. The Bertz CT molecular complexity index is 1020. The van der Waals surface area contributed by atoms with Crippen molar-refractivity contribution >= 4 is 17.3 Å². The number of likely N-dealkylation sites (N-methyl/N-ethyl adjacent to an activating group) is 1. The summed E-state index contributed by atoms with van der Waals surface area (Å²) in [7, 11) is 1.93. The van der Waals surface area contributed by atoms with Gasteiger partial charge in [0.2, 0.25) is 11.8 Å². The summed E-state index contributed by atoms with van der Waals surface area (Å²) in [4.78, 5) is 34.3. The Kier molecular flexibility index (Phi) is 5.39. The number of carbonyl (C=O) groups is 2. The first-order chi connectivity index (χ1) is 15.3. The normalized spacial score (nSPS) is 28.6. The Morgan fingerprint density at radius 1 is 1.22 bits per heavy atom. The van der Waals surface area contributed by atoms with E-state index in [1.165, 1.54) is 0 Å². The van der Waals surface area contributed by atoms with Gasteiger partial charge >= 0.3 is 0 Å². The summed E-state index contributed by atoms with van der Waals surface area (Å²) in [6, 6.07) is 3.07. The first-order valence-electron chi connectivity index (χ1n) is 11.4. The zero-order chi connectivity index (χ0) is 22.5. The summed E-state index contributed by atoms with van der Waals surface area (Å²) < 4.78 is 29.0. The van der Waals surface area contributed by atoms with Crippen molar-refractivity contribution in [2.45, 2.75) is 50.1 Å². The first kappa shape index (κ1) is 21.3. The second-order valence-corrected chi connectivity index (χ2v) is 9.59. The monoisotopic (exact) mass is 445 g/mol. The van der Waals surface area contributed by atoms with E-state index >= 15 is 0 Å². The standard InChI is InChI=1S/C23H29F2N5O2/c1-28-7-3-5-19(28)21(31)27-18-13-29(9-6-16(18)15-10-23(24,25)11-15)22(32)17-4-2-8-30-14-26-12-20(17)30/h2,4,8,12,14-16,18-19H,3,5-7,9-11,13H2,1H3,(H,27,31)/t16-,18+,19+/m0/s1. The van der Waals surface area contributed by atoms with Crippen LogP contribution in [0.25, 0.3) is 5.52 Å². The molecule has 0 aromatic carbocycles. The van der Waals surface area contributed by atoms with E-state index in [1.807, 2.05) is 18.1 Å². The van der Waals surface area contributed by atoms with Crippen LogP contribution < -0.4 is 5.32 Å². The highest BCUT2D eigenvalue weighted by molar-refractivity contribution is 6.00. The molecule has 3 atom stereocenters. The quantitative estimate of drug-likeness (QED) is 0.785. The van der Waals surface area contributed by atoms with Gasteiger partial charge in [-0.15, -0.1) is 0 Å². The van der Waals surface area contributed by atoms with E-state index in [-0.39, 0.29) is 48.6 Å². The molecule has 0 unspecified atom stereocenters. The van der Waals surface area contributed by atoms with Crippen LogP contribution in [-0.4, -0.2) is 75.7 Å². The summed E-state index contributed by atoms with van der Waals surface area (Å²) >= 11 is 0. The third-order valence-electron chi connectivity index (χ3n) is 7.51. The molecule has 172 valence electrons. The third kappa shape index (κ3) is 3.87. The number of aromatic nitrogens is 2. The van der Waals surface area contributed by atoms with Gasteiger partial charge in [0, 0.05) is 38.2 Å². The molecule has 1 aliphatic carbocycles. The Morgan fingerprint density at radius 2 is 2.03 bits per heavy atom. The number of amides is 2. The number of nitrogens with one attached hydrogen (secondary N) is 1. The number of likely N-dealkylation sites (tertiary alicyclic amines) is 2. The van der Waals surface area contributed by atoms with Gasteiger partial charge < -0.3 is 14.6 Å². The lowest BCUT2D eigenvalue weighted by molar-refractivity contribution is -0.138. The van der Waals surface area contributed by atoms with Crippen LogP contribution in [0.3, 0.4) is 0 Å². The van der Waals surface area contributed by atoms with E-state index in [0.717, 1.165) is 24.9 Å². The molecule has 2 aromatic rings. The van der Waals surface area contributed by atoms with Crippen molar-refractivity contribution in [2.75, 3.05) is 26.7 Å². The Balaban J connectivity index is 1.35. The fourth-order valence-electron chi connectivity index (χ4n) is 5.70. The molecular formula is C23H29F2N5O2. The van der Waals surface area contributed by atoms with Crippen LogP contribution in [0, 0.1) is 11.8 Å². The lowest BCUT2D eigenvalue weighted by atomic mass is 9.68. The third-order valence-corrected chi connectivity index (χ3v) is 7.51. The number of hydrogen-bond donors (Lipinski definition) is 1. The van der Waals surface area contributed by atoms with Crippen LogP contribution in [0.15, 0.2) is 30.9 Å². The van der Waals surface area contributed by atoms with E-state index in [9.17, 15) is 18.4 Å². The van der Waals surface area contributed by atoms with Crippen LogP contribution in [-0.2, 0) is 4.79 Å². The zero-order valence-corrected chi connectivity index (χ0v) is 18.2. The Morgan fingerprint density at radius 3 is 2.75 bits per heavy atom. The number of alkyl halides is 2. The number of nitrogens with zero attached hydrogens (tertiary/aromatic N) is 4. The highest BCUT2D eigenvalue weighted by Gasteiger charge is 2.51. The maximum Gasteiger partial charge on any atom is 0.256 e. The predicted molar refractivity (Wildman–Crippen MR) is 114 cm³/mol. The van der Waals surface area contributed by atoms with Crippen LogP contribution in [0.4, 0.5) is 8.78 Å². The van der Waals surface area contributed by atoms with Crippen molar-refractivity contribution in [3.05, 3.63) is 36.4 Å². The first-order valence-corrected chi connectivity index (χ1v) is 11.4. The lowest BCUT2D eigenvalue weighted by Crippen LogP contribution is -2.59.